The van der Waals surface area contributed by atoms with Crippen molar-refractivity contribution < 1.29 is 97.5 Å². The lowest BCUT2D eigenvalue weighted by molar-refractivity contribution is -0.384. The van der Waals surface area contributed by atoms with E-state index in [9.17, 15) is 50.1 Å². The van der Waals surface area contributed by atoms with Gasteiger partial charge in [-0.2, -0.15) is 0 Å². The predicted octanol–water partition coefficient (Wildman–Crippen LogP) is -3.93. The van der Waals surface area contributed by atoms with Gasteiger partial charge in [0.15, 0.2) is 43.5 Å². The van der Waals surface area contributed by atoms with Gasteiger partial charge in [-0.3, -0.25) is 14.4 Å². The lowest BCUT2D eigenvalue weighted by Gasteiger charge is -2.50. The molecule has 0 bridgehead atoms. The zero-order valence-corrected chi connectivity index (χ0v) is 28.5. The molecule has 7 N–H and O–H groups in total. The first-order valence-corrected chi connectivity index (χ1v) is 16.2. The molecule has 4 rings (SSSR count). The van der Waals surface area contributed by atoms with Gasteiger partial charge >= 0.3 is 17.9 Å². The molecule has 0 aliphatic carbocycles. The molecule has 288 valence electrons. The number of ether oxygens (including phenoxy) is 10. The van der Waals surface area contributed by atoms with E-state index in [0.717, 1.165) is 20.8 Å². The summed E-state index contributed by atoms with van der Waals surface area (Å²) in [5, 5.41) is 73.4. The Kier molecular flexibility index (Phi) is 13.5. The van der Waals surface area contributed by atoms with Gasteiger partial charge in [0, 0.05) is 20.8 Å². The third-order valence-corrected chi connectivity index (χ3v) is 8.86. The third-order valence-electron chi connectivity index (χ3n) is 8.86. The second kappa shape index (κ2) is 16.7. The molecule has 4 heterocycles. The van der Waals surface area contributed by atoms with Crippen molar-refractivity contribution in [2.75, 3.05) is 0 Å². The number of aliphatic hydroxyl groups excluding tert-OH is 7. The van der Waals surface area contributed by atoms with Crippen molar-refractivity contribution >= 4 is 17.9 Å². The molecule has 0 unspecified atom stereocenters. The molecule has 0 aromatic heterocycles. The van der Waals surface area contributed by atoms with Gasteiger partial charge in [-0.1, -0.05) is 0 Å². The van der Waals surface area contributed by atoms with Crippen molar-refractivity contribution in [3.63, 3.8) is 0 Å². The Morgan fingerprint density at radius 3 is 1.38 bits per heavy atom. The quantitative estimate of drug-likeness (QED) is 0.0881. The molecule has 0 aromatic rings. The van der Waals surface area contributed by atoms with Gasteiger partial charge in [0.1, 0.15) is 54.9 Å². The Morgan fingerprint density at radius 1 is 0.400 bits per heavy atom. The summed E-state index contributed by atoms with van der Waals surface area (Å²) in [6, 6.07) is 0. The van der Waals surface area contributed by atoms with E-state index >= 15 is 0 Å². The molecule has 20 atom stereocenters. The minimum atomic E-state index is -1.85. The van der Waals surface area contributed by atoms with Crippen LogP contribution in [0.1, 0.15) is 48.5 Å². The highest BCUT2D eigenvalue weighted by molar-refractivity contribution is 5.67. The number of carbonyl (C=O) groups is 3. The number of carbonyl (C=O) groups excluding carboxylic acids is 3. The standard InChI is InChI=1S/C30H48O20/c1-8-15(34)16(35)19(38)28(42-8)50-25-23(46-13(6)32)11(4)44-30(26(25)47-14(7)33)49-24-20(39)29(43-10(3)22(24)45-12(5)31)48-21-9(2)41-27(40)18(37)17(21)36/h8-11,15-30,34-40H,1-7H3/t8-,9-,10-,11-,15-,16+,17-,18+,19+,20+,21-,22-,23-,24-,25+,26+,27+,28-,29-,30-/m0/s1. The second-order valence-electron chi connectivity index (χ2n) is 12.8. The topological polar surface area (TPSA) is 285 Å². The summed E-state index contributed by atoms with van der Waals surface area (Å²) in [5.74, 6) is -2.49. The monoisotopic (exact) mass is 728 g/mol. The Bertz CT molecular complexity index is 1170. The van der Waals surface area contributed by atoms with Crippen LogP contribution in [0.25, 0.3) is 0 Å². The van der Waals surface area contributed by atoms with Crippen LogP contribution in [0.3, 0.4) is 0 Å². The molecule has 20 heteroatoms. The van der Waals surface area contributed by atoms with Crippen LogP contribution in [0.15, 0.2) is 0 Å². The maximum Gasteiger partial charge on any atom is 0.303 e. The smallest absolute Gasteiger partial charge is 0.303 e. The van der Waals surface area contributed by atoms with Crippen molar-refractivity contribution in [1.82, 2.24) is 0 Å². The highest BCUT2D eigenvalue weighted by Gasteiger charge is 2.57. The van der Waals surface area contributed by atoms with Crippen molar-refractivity contribution in [1.29, 1.82) is 0 Å². The normalized spacial score (nSPS) is 48.4. The summed E-state index contributed by atoms with van der Waals surface area (Å²) in [6.45, 7) is 8.99. The Balaban J connectivity index is 1.67. The van der Waals surface area contributed by atoms with E-state index in [1.54, 1.807) is 0 Å². The molecule has 4 aliphatic rings. The first-order valence-electron chi connectivity index (χ1n) is 16.2. The average molecular weight is 729 g/mol. The van der Waals surface area contributed by atoms with E-state index in [1.807, 2.05) is 0 Å². The Hall–Kier alpha value is -2.15. The summed E-state index contributed by atoms with van der Waals surface area (Å²) in [7, 11) is 0. The Labute approximate surface area is 286 Å². The maximum atomic E-state index is 12.4. The van der Waals surface area contributed by atoms with E-state index in [4.69, 9.17) is 47.4 Å². The molecule has 4 saturated heterocycles. The summed E-state index contributed by atoms with van der Waals surface area (Å²) >= 11 is 0. The zero-order valence-electron chi connectivity index (χ0n) is 28.5. The van der Waals surface area contributed by atoms with Gasteiger partial charge < -0.3 is 83.1 Å². The molecule has 0 radical (unpaired) electrons. The van der Waals surface area contributed by atoms with E-state index < -0.39 is 141 Å². The first-order chi connectivity index (χ1) is 23.3. The molecule has 4 fully saturated rings. The average Bonchev–Trinajstić information content (AvgIpc) is 3.02. The van der Waals surface area contributed by atoms with Crippen molar-refractivity contribution in [2.24, 2.45) is 0 Å². The van der Waals surface area contributed by atoms with Gasteiger partial charge in [-0.05, 0) is 27.7 Å². The fraction of sp³-hybridized carbons (Fsp3) is 0.900. The van der Waals surface area contributed by atoms with E-state index in [2.05, 4.69) is 0 Å². The van der Waals surface area contributed by atoms with Crippen molar-refractivity contribution in [3.8, 4) is 0 Å². The molecular weight excluding hydrogens is 680 g/mol. The van der Waals surface area contributed by atoms with Crippen LogP contribution in [-0.2, 0) is 61.8 Å². The minimum absolute atomic E-state index is 0.793. The summed E-state index contributed by atoms with van der Waals surface area (Å²) < 4.78 is 57.1. The van der Waals surface area contributed by atoms with Crippen LogP contribution in [0, 0.1) is 0 Å². The van der Waals surface area contributed by atoms with E-state index in [1.165, 1.54) is 27.7 Å². The largest absolute Gasteiger partial charge is 0.457 e. The summed E-state index contributed by atoms with van der Waals surface area (Å²) in [6.07, 6.45) is -30.1. The maximum absolute atomic E-state index is 12.4. The number of esters is 3. The zero-order chi connectivity index (χ0) is 37.4. The molecule has 0 aromatic carbocycles. The fourth-order valence-electron chi connectivity index (χ4n) is 6.32. The molecular formula is C30H48O20. The molecule has 50 heavy (non-hydrogen) atoms. The first kappa shape index (κ1) is 40.6. The molecule has 0 spiro atoms. The lowest BCUT2D eigenvalue weighted by Crippen LogP contribution is -2.67. The molecule has 4 aliphatic heterocycles. The number of hydrogen-bond donors (Lipinski definition) is 7. The predicted molar refractivity (Wildman–Crippen MR) is 157 cm³/mol. The molecule has 0 amide bonds. The van der Waals surface area contributed by atoms with E-state index in [0.29, 0.717) is 0 Å². The summed E-state index contributed by atoms with van der Waals surface area (Å²) in [5.41, 5.74) is 0. The SMILES string of the molecule is CC(=O)O[C@@H]1[C@@H](O[C@@H]2O[C@@H](C)[C@H](O)[C@@H](O)[C@H]2O)[C@@H](OC(C)=O)[C@H](O[C@H]2[C@@H](O)[C@H](O[C@@H]3[C@@H](O)[C@@H](O)[C@H](O)O[C@H]3C)O[C@@H](C)[C@@H]2OC(C)=O)O[C@H]1C. The van der Waals surface area contributed by atoms with Crippen LogP contribution < -0.4 is 0 Å². The van der Waals surface area contributed by atoms with Crippen LogP contribution in [0.4, 0.5) is 0 Å². The number of rotatable bonds is 9. The van der Waals surface area contributed by atoms with Crippen molar-refractivity contribution in [2.45, 2.75) is 171 Å². The van der Waals surface area contributed by atoms with Crippen LogP contribution in [0.2, 0.25) is 0 Å². The van der Waals surface area contributed by atoms with Gasteiger partial charge in [-0.15, -0.1) is 0 Å². The van der Waals surface area contributed by atoms with Gasteiger partial charge in [0.25, 0.3) is 0 Å². The highest BCUT2D eigenvalue weighted by atomic mass is 16.8. The third kappa shape index (κ3) is 8.89. The summed E-state index contributed by atoms with van der Waals surface area (Å²) in [4.78, 5) is 36.7. The van der Waals surface area contributed by atoms with Gasteiger partial charge in [0.2, 0.25) is 0 Å². The number of hydrogen-bond acceptors (Lipinski definition) is 20. The minimum Gasteiger partial charge on any atom is -0.457 e. The van der Waals surface area contributed by atoms with Crippen LogP contribution >= 0.6 is 0 Å². The molecule has 20 nitrogen and oxygen atoms in total. The van der Waals surface area contributed by atoms with E-state index in [-0.39, 0.29) is 0 Å². The van der Waals surface area contributed by atoms with Crippen LogP contribution in [0.5, 0.6) is 0 Å². The Morgan fingerprint density at radius 2 is 0.820 bits per heavy atom. The molecule has 0 saturated carbocycles. The second-order valence-corrected chi connectivity index (χ2v) is 12.8. The van der Waals surface area contributed by atoms with Crippen LogP contribution in [-0.4, -0.2) is 176 Å². The van der Waals surface area contributed by atoms with Gasteiger partial charge in [-0.25, -0.2) is 0 Å². The fourth-order valence-corrected chi connectivity index (χ4v) is 6.32. The number of aliphatic hydroxyl groups is 7. The van der Waals surface area contributed by atoms with Crippen molar-refractivity contribution in [3.05, 3.63) is 0 Å². The van der Waals surface area contributed by atoms with Gasteiger partial charge in [0.05, 0.1) is 24.4 Å². The lowest BCUT2D eigenvalue weighted by atomic mass is 9.95. The highest BCUT2D eigenvalue weighted by Crippen LogP contribution is 2.36.